The van der Waals surface area contributed by atoms with Gasteiger partial charge in [0.2, 0.25) is 11.8 Å². The van der Waals surface area contributed by atoms with Gasteiger partial charge in [0.25, 0.3) is 0 Å². The predicted molar refractivity (Wildman–Crippen MR) is 68.4 cm³/mol. The summed E-state index contributed by atoms with van der Waals surface area (Å²) in [5.74, 6) is -0.0998. The molecule has 7 nitrogen and oxygen atoms in total. The Morgan fingerprint density at radius 2 is 1.89 bits per heavy atom. The monoisotopic (exact) mass is 268 g/mol. The van der Waals surface area contributed by atoms with E-state index in [-0.39, 0.29) is 24.4 Å². The molecule has 0 aromatic rings. The molecule has 0 unspecified atom stereocenters. The summed E-state index contributed by atoms with van der Waals surface area (Å²) in [4.78, 5) is 39.8. The molecule has 0 radical (unpaired) electrons. The third-order valence-corrected chi connectivity index (χ3v) is 3.57. The number of piperazine rings is 1. The first-order valence-corrected chi connectivity index (χ1v) is 6.62. The number of nitrogens with zero attached hydrogens (tertiary/aromatic N) is 3. The standard InChI is InChI=1S/C12H20N4O3/c1-14-5-7-15(8-6-14)10(17)3-2-4-16-11(18)9-13-12(16)19/h2-9H2,1H3,(H,13,19). The fourth-order valence-electron chi connectivity index (χ4n) is 2.28. The molecule has 2 aliphatic rings. The van der Waals surface area contributed by atoms with Crippen molar-refractivity contribution in [3.05, 3.63) is 0 Å². The Balaban J connectivity index is 1.69. The van der Waals surface area contributed by atoms with E-state index in [1.165, 1.54) is 4.90 Å². The second-order valence-electron chi connectivity index (χ2n) is 4.99. The van der Waals surface area contributed by atoms with E-state index in [0.717, 1.165) is 26.2 Å². The average molecular weight is 268 g/mol. The molecule has 2 rings (SSSR count). The highest BCUT2D eigenvalue weighted by molar-refractivity contribution is 6.01. The molecule has 106 valence electrons. The lowest BCUT2D eigenvalue weighted by Crippen LogP contribution is -2.47. The highest BCUT2D eigenvalue weighted by Gasteiger charge is 2.28. The number of rotatable bonds is 4. The highest BCUT2D eigenvalue weighted by Crippen LogP contribution is 2.06. The van der Waals surface area contributed by atoms with Crippen molar-refractivity contribution < 1.29 is 14.4 Å². The Labute approximate surface area is 112 Å². The van der Waals surface area contributed by atoms with Gasteiger partial charge in [0.1, 0.15) is 0 Å². The van der Waals surface area contributed by atoms with E-state index in [9.17, 15) is 14.4 Å². The van der Waals surface area contributed by atoms with Gasteiger partial charge in [0.15, 0.2) is 0 Å². The molecule has 2 saturated heterocycles. The summed E-state index contributed by atoms with van der Waals surface area (Å²) in [6, 6.07) is -0.350. The Bertz CT molecular complexity index is 361. The molecule has 0 aromatic carbocycles. The van der Waals surface area contributed by atoms with E-state index < -0.39 is 0 Å². The molecule has 0 atom stereocenters. The van der Waals surface area contributed by atoms with Crippen LogP contribution in [0.25, 0.3) is 0 Å². The summed E-state index contributed by atoms with van der Waals surface area (Å²) in [6.07, 6.45) is 0.922. The van der Waals surface area contributed by atoms with Crippen LogP contribution in [0.5, 0.6) is 0 Å². The van der Waals surface area contributed by atoms with Crippen molar-refractivity contribution in [2.24, 2.45) is 0 Å². The molecule has 0 aromatic heterocycles. The number of hydrogen-bond acceptors (Lipinski definition) is 4. The zero-order chi connectivity index (χ0) is 13.8. The minimum atomic E-state index is -0.350. The van der Waals surface area contributed by atoms with Gasteiger partial charge in [0, 0.05) is 39.1 Å². The van der Waals surface area contributed by atoms with Crippen LogP contribution in [0.4, 0.5) is 4.79 Å². The molecule has 2 aliphatic heterocycles. The quantitative estimate of drug-likeness (QED) is 0.670. The van der Waals surface area contributed by atoms with Crippen molar-refractivity contribution in [3.63, 3.8) is 0 Å². The van der Waals surface area contributed by atoms with Gasteiger partial charge in [-0.25, -0.2) is 4.79 Å². The first kappa shape index (κ1) is 13.8. The van der Waals surface area contributed by atoms with Crippen LogP contribution in [-0.2, 0) is 9.59 Å². The lowest BCUT2D eigenvalue weighted by Gasteiger charge is -2.32. The Morgan fingerprint density at radius 3 is 2.47 bits per heavy atom. The summed E-state index contributed by atoms with van der Waals surface area (Å²) in [5, 5.41) is 2.46. The van der Waals surface area contributed by atoms with Gasteiger partial charge in [-0.1, -0.05) is 0 Å². The third-order valence-electron chi connectivity index (χ3n) is 3.57. The summed E-state index contributed by atoms with van der Waals surface area (Å²) in [5.41, 5.74) is 0. The van der Waals surface area contributed by atoms with Gasteiger partial charge in [-0.2, -0.15) is 0 Å². The van der Waals surface area contributed by atoms with Crippen LogP contribution in [0.15, 0.2) is 0 Å². The molecule has 2 fully saturated rings. The van der Waals surface area contributed by atoms with Crippen LogP contribution < -0.4 is 5.32 Å². The van der Waals surface area contributed by atoms with Gasteiger partial charge in [-0.3, -0.25) is 14.5 Å². The van der Waals surface area contributed by atoms with Crippen LogP contribution in [0, 0.1) is 0 Å². The fraction of sp³-hybridized carbons (Fsp3) is 0.750. The molecule has 7 heteroatoms. The normalized spacial score (nSPS) is 20.9. The average Bonchev–Trinajstić information content (AvgIpc) is 2.71. The summed E-state index contributed by atoms with van der Waals surface area (Å²) >= 11 is 0. The Kier molecular flexibility index (Phi) is 4.36. The van der Waals surface area contributed by atoms with Gasteiger partial charge < -0.3 is 15.1 Å². The number of carbonyl (C=O) groups is 3. The predicted octanol–water partition coefficient (Wildman–Crippen LogP) is -0.908. The number of likely N-dealkylation sites (N-methyl/N-ethyl adjacent to an activating group) is 1. The van der Waals surface area contributed by atoms with Crippen LogP contribution >= 0.6 is 0 Å². The van der Waals surface area contributed by atoms with E-state index in [2.05, 4.69) is 10.2 Å². The largest absolute Gasteiger partial charge is 0.340 e. The number of carbonyl (C=O) groups excluding carboxylic acids is 3. The fourth-order valence-corrected chi connectivity index (χ4v) is 2.28. The van der Waals surface area contributed by atoms with Crippen molar-refractivity contribution in [2.75, 3.05) is 46.3 Å². The second kappa shape index (κ2) is 6.01. The Morgan fingerprint density at radius 1 is 1.21 bits per heavy atom. The van der Waals surface area contributed by atoms with Crippen LogP contribution in [-0.4, -0.2) is 78.9 Å². The van der Waals surface area contributed by atoms with Crippen LogP contribution in [0.2, 0.25) is 0 Å². The van der Waals surface area contributed by atoms with Gasteiger partial charge in [0.05, 0.1) is 6.54 Å². The molecular formula is C12H20N4O3. The van der Waals surface area contributed by atoms with Crippen LogP contribution in [0.3, 0.4) is 0 Å². The molecule has 4 amide bonds. The first-order chi connectivity index (χ1) is 9.08. The lowest BCUT2D eigenvalue weighted by molar-refractivity contribution is -0.133. The zero-order valence-corrected chi connectivity index (χ0v) is 11.2. The lowest BCUT2D eigenvalue weighted by atomic mass is 10.2. The number of amides is 4. The molecule has 2 heterocycles. The number of nitrogens with one attached hydrogen (secondary N) is 1. The van der Waals surface area contributed by atoms with E-state index in [0.29, 0.717) is 19.4 Å². The van der Waals surface area contributed by atoms with Crippen LogP contribution in [0.1, 0.15) is 12.8 Å². The molecular weight excluding hydrogens is 248 g/mol. The number of urea groups is 1. The summed E-state index contributed by atoms with van der Waals surface area (Å²) in [6.45, 7) is 3.73. The van der Waals surface area contributed by atoms with Crippen molar-refractivity contribution in [1.29, 1.82) is 0 Å². The van der Waals surface area contributed by atoms with E-state index in [1.54, 1.807) is 0 Å². The number of hydrogen-bond donors (Lipinski definition) is 1. The smallest absolute Gasteiger partial charge is 0.324 e. The molecule has 1 N–H and O–H groups in total. The maximum atomic E-state index is 11.9. The van der Waals surface area contributed by atoms with Gasteiger partial charge in [-0.15, -0.1) is 0 Å². The zero-order valence-electron chi connectivity index (χ0n) is 11.2. The maximum absolute atomic E-state index is 11.9. The summed E-state index contributed by atoms with van der Waals surface area (Å²) in [7, 11) is 2.04. The van der Waals surface area contributed by atoms with E-state index >= 15 is 0 Å². The van der Waals surface area contributed by atoms with Crippen molar-refractivity contribution >= 4 is 17.8 Å². The van der Waals surface area contributed by atoms with Gasteiger partial charge >= 0.3 is 6.03 Å². The minimum Gasteiger partial charge on any atom is -0.340 e. The number of imide groups is 1. The molecule has 0 aliphatic carbocycles. The second-order valence-corrected chi connectivity index (χ2v) is 4.99. The van der Waals surface area contributed by atoms with E-state index in [1.807, 2.05) is 11.9 Å². The first-order valence-electron chi connectivity index (χ1n) is 6.62. The van der Waals surface area contributed by atoms with Crippen molar-refractivity contribution in [1.82, 2.24) is 20.0 Å². The molecule has 0 spiro atoms. The van der Waals surface area contributed by atoms with E-state index in [4.69, 9.17) is 0 Å². The van der Waals surface area contributed by atoms with Gasteiger partial charge in [-0.05, 0) is 13.5 Å². The highest BCUT2D eigenvalue weighted by atomic mass is 16.2. The summed E-state index contributed by atoms with van der Waals surface area (Å²) < 4.78 is 0. The maximum Gasteiger partial charge on any atom is 0.324 e. The SMILES string of the molecule is CN1CCN(C(=O)CCCN2C(=O)CNC2=O)CC1. The Hall–Kier alpha value is -1.63. The molecule has 0 saturated carbocycles. The topological polar surface area (TPSA) is 73.0 Å². The molecule has 19 heavy (non-hydrogen) atoms. The minimum absolute atomic E-state index is 0.0746. The third kappa shape index (κ3) is 3.44. The van der Waals surface area contributed by atoms with Crippen molar-refractivity contribution in [3.8, 4) is 0 Å². The molecule has 0 bridgehead atoms. The van der Waals surface area contributed by atoms with Crippen molar-refractivity contribution in [2.45, 2.75) is 12.8 Å².